The van der Waals surface area contributed by atoms with E-state index >= 15 is 0 Å². The van der Waals surface area contributed by atoms with Gasteiger partial charge in [0, 0.05) is 6.54 Å². The molecule has 0 saturated carbocycles. The van der Waals surface area contributed by atoms with E-state index in [0.29, 0.717) is 0 Å². The number of nitrogens with one attached hydrogen (secondary N) is 1. The molecule has 0 aliphatic heterocycles. The van der Waals surface area contributed by atoms with Gasteiger partial charge in [0.25, 0.3) is 0 Å². The highest BCUT2D eigenvalue weighted by molar-refractivity contribution is 7.81. The number of hydrogen-bond acceptors (Lipinski definition) is 2. The van der Waals surface area contributed by atoms with Crippen LogP contribution < -0.4 is 5.32 Å². The SMILES string of the molecule is O=C(CS)NCCCc1ccccc1. The molecule has 1 amide bonds. The summed E-state index contributed by atoms with van der Waals surface area (Å²) in [6.07, 6.45) is 1.98. The first kappa shape index (κ1) is 11.1. The number of benzene rings is 1. The van der Waals surface area contributed by atoms with Gasteiger partial charge in [0.1, 0.15) is 0 Å². The Kier molecular flexibility index (Phi) is 5.15. The summed E-state index contributed by atoms with van der Waals surface area (Å²) in [7, 11) is 0. The van der Waals surface area contributed by atoms with Crippen LogP contribution in [0.4, 0.5) is 0 Å². The van der Waals surface area contributed by atoms with Gasteiger partial charge in [0.05, 0.1) is 5.75 Å². The average Bonchev–Trinajstić information content (AvgIpc) is 2.25. The number of amides is 1. The van der Waals surface area contributed by atoms with Crippen LogP contribution in [-0.4, -0.2) is 18.2 Å². The van der Waals surface area contributed by atoms with E-state index < -0.39 is 0 Å². The molecule has 0 spiro atoms. The molecular weight excluding hydrogens is 194 g/mol. The highest BCUT2D eigenvalue weighted by Gasteiger charge is 1.96. The van der Waals surface area contributed by atoms with Gasteiger partial charge in [-0.3, -0.25) is 4.79 Å². The van der Waals surface area contributed by atoms with Crippen LogP contribution in [-0.2, 0) is 11.2 Å². The van der Waals surface area contributed by atoms with Gasteiger partial charge in [-0.25, -0.2) is 0 Å². The molecular formula is C11H15NOS. The summed E-state index contributed by atoms with van der Waals surface area (Å²) >= 11 is 3.88. The predicted octanol–water partition coefficient (Wildman–Crippen LogP) is 1.67. The summed E-state index contributed by atoms with van der Waals surface area (Å²) in [5.74, 6) is 0.270. The molecule has 0 unspecified atom stereocenters. The van der Waals surface area contributed by atoms with Crippen LogP contribution in [0, 0.1) is 0 Å². The summed E-state index contributed by atoms with van der Waals surface area (Å²) in [5, 5.41) is 2.79. The summed E-state index contributed by atoms with van der Waals surface area (Å²) < 4.78 is 0. The van der Waals surface area contributed by atoms with Crippen LogP contribution in [0.25, 0.3) is 0 Å². The molecule has 0 aliphatic carbocycles. The highest BCUT2D eigenvalue weighted by Crippen LogP contribution is 2.01. The zero-order chi connectivity index (χ0) is 10.2. The van der Waals surface area contributed by atoms with Crippen LogP contribution in [0.15, 0.2) is 30.3 Å². The third-order valence-electron chi connectivity index (χ3n) is 1.95. The third kappa shape index (κ3) is 4.33. The van der Waals surface area contributed by atoms with Crippen molar-refractivity contribution in [3.63, 3.8) is 0 Å². The van der Waals surface area contributed by atoms with E-state index in [-0.39, 0.29) is 11.7 Å². The Morgan fingerprint density at radius 1 is 1.29 bits per heavy atom. The highest BCUT2D eigenvalue weighted by atomic mass is 32.1. The number of thiol groups is 1. The Hall–Kier alpha value is -0.960. The van der Waals surface area contributed by atoms with E-state index in [0.717, 1.165) is 19.4 Å². The maximum Gasteiger partial charge on any atom is 0.229 e. The van der Waals surface area contributed by atoms with Crippen LogP contribution in [0.3, 0.4) is 0 Å². The molecule has 1 N–H and O–H groups in total. The number of carbonyl (C=O) groups excluding carboxylic acids is 1. The fraction of sp³-hybridized carbons (Fsp3) is 0.364. The molecule has 0 bridgehead atoms. The molecule has 1 aromatic rings. The van der Waals surface area contributed by atoms with Gasteiger partial charge < -0.3 is 5.32 Å². The zero-order valence-corrected chi connectivity index (χ0v) is 8.97. The van der Waals surface area contributed by atoms with Crippen molar-refractivity contribution in [2.24, 2.45) is 0 Å². The molecule has 0 aromatic heterocycles. The van der Waals surface area contributed by atoms with Crippen molar-refractivity contribution < 1.29 is 4.79 Å². The largest absolute Gasteiger partial charge is 0.355 e. The molecule has 1 rings (SSSR count). The first-order valence-electron chi connectivity index (χ1n) is 4.74. The summed E-state index contributed by atoms with van der Waals surface area (Å²) in [6, 6.07) is 10.3. The number of carbonyl (C=O) groups is 1. The van der Waals surface area contributed by atoms with Crippen molar-refractivity contribution in [2.45, 2.75) is 12.8 Å². The molecule has 0 fully saturated rings. The van der Waals surface area contributed by atoms with Gasteiger partial charge in [0.15, 0.2) is 0 Å². The molecule has 76 valence electrons. The van der Waals surface area contributed by atoms with Gasteiger partial charge in [0.2, 0.25) is 5.91 Å². The smallest absolute Gasteiger partial charge is 0.229 e. The first-order chi connectivity index (χ1) is 6.83. The lowest BCUT2D eigenvalue weighted by Gasteiger charge is -2.03. The standard InChI is InChI=1S/C11H15NOS/c13-11(9-14)12-8-4-7-10-5-2-1-3-6-10/h1-3,5-6,14H,4,7-9H2,(H,12,13). The fourth-order valence-electron chi connectivity index (χ4n) is 1.22. The van der Waals surface area contributed by atoms with Gasteiger partial charge in [-0.1, -0.05) is 30.3 Å². The van der Waals surface area contributed by atoms with Crippen molar-refractivity contribution in [3.05, 3.63) is 35.9 Å². The number of rotatable bonds is 5. The molecule has 14 heavy (non-hydrogen) atoms. The van der Waals surface area contributed by atoms with Gasteiger partial charge in [-0.05, 0) is 18.4 Å². The molecule has 2 nitrogen and oxygen atoms in total. The second-order valence-electron chi connectivity index (χ2n) is 3.10. The predicted molar refractivity (Wildman–Crippen MR) is 61.6 cm³/mol. The first-order valence-corrected chi connectivity index (χ1v) is 5.37. The molecule has 1 aromatic carbocycles. The number of hydrogen-bond donors (Lipinski definition) is 2. The third-order valence-corrected chi connectivity index (χ3v) is 2.24. The number of aryl methyl sites for hydroxylation is 1. The van der Waals surface area contributed by atoms with Crippen molar-refractivity contribution in [1.82, 2.24) is 5.32 Å². The minimum absolute atomic E-state index is 0.00129. The van der Waals surface area contributed by atoms with Crippen LogP contribution in [0.1, 0.15) is 12.0 Å². The minimum atomic E-state index is 0.00129. The molecule has 0 atom stereocenters. The summed E-state index contributed by atoms with van der Waals surface area (Å²) in [5.41, 5.74) is 1.31. The Labute approximate surface area is 90.1 Å². The van der Waals surface area contributed by atoms with E-state index in [1.807, 2.05) is 18.2 Å². The average molecular weight is 209 g/mol. The topological polar surface area (TPSA) is 29.1 Å². The Balaban J connectivity index is 2.13. The van der Waals surface area contributed by atoms with Crippen molar-refractivity contribution in [2.75, 3.05) is 12.3 Å². The van der Waals surface area contributed by atoms with E-state index in [2.05, 4.69) is 30.1 Å². The van der Waals surface area contributed by atoms with Gasteiger partial charge in [-0.15, -0.1) is 0 Å². The lowest BCUT2D eigenvalue weighted by atomic mass is 10.1. The van der Waals surface area contributed by atoms with Crippen LogP contribution in [0.5, 0.6) is 0 Å². The molecule has 0 heterocycles. The molecule has 3 heteroatoms. The second kappa shape index (κ2) is 6.49. The summed E-state index contributed by atoms with van der Waals surface area (Å²) in [6.45, 7) is 0.730. The Morgan fingerprint density at radius 3 is 2.64 bits per heavy atom. The van der Waals surface area contributed by atoms with E-state index in [1.54, 1.807) is 0 Å². The van der Waals surface area contributed by atoms with E-state index in [9.17, 15) is 4.79 Å². The molecule has 0 radical (unpaired) electrons. The normalized spacial score (nSPS) is 9.79. The summed E-state index contributed by atoms with van der Waals surface area (Å²) in [4.78, 5) is 10.8. The van der Waals surface area contributed by atoms with E-state index in [1.165, 1.54) is 5.56 Å². The molecule has 0 aliphatic rings. The van der Waals surface area contributed by atoms with Crippen LogP contribution in [0.2, 0.25) is 0 Å². The maximum absolute atomic E-state index is 10.8. The van der Waals surface area contributed by atoms with Gasteiger partial charge >= 0.3 is 0 Å². The van der Waals surface area contributed by atoms with Crippen molar-refractivity contribution >= 4 is 18.5 Å². The second-order valence-corrected chi connectivity index (χ2v) is 3.41. The Bertz CT molecular complexity index is 274. The lowest BCUT2D eigenvalue weighted by Crippen LogP contribution is -2.25. The quantitative estimate of drug-likeness (QED) is 0.560. The minimum Gasteiger partial charge on any atom is -0.355 e. The maximum atomic E-state index is 10.8. The monoisotopic (exact) mass is 209 g/mol. The molecule has 0 saturated heterocycles. The zero-order valence-electron chi connectivity index (χ0n) is 8.07. The van der Waals surface area contributed by atoms with E-state index in [4.69, 9.17) is 0 Å². The van der Waals surface area contributed by atoms with Crippen molar-refractivity contribution in [1.29, 1.82) is 0 Å². The van der Waals surface area contributed by atoms with Crippen molar-refractivity contribution in [3.8, 4) is 0 Å². The Morgan fingerprint density at radius 2 is 2.00 bits per heavy atom. The van der Waals surface area contributed by atoms with Crippen LogP contribution >= 0.6 is 12.6 Å². The fourth-order valence-corrected chi connectivity index (χ4v) is 1.33. The lowest BCUT2D eigenvalue weighted by molar-refractivity contribution is -0.118. The van der Waals surface area contributed by atoms with Gasteiger partial charge in [-0.2, -0.15) is 12.6 Å².